The molecule has 2 N–H and O–H groups in total. The van der Waals surface area contributed by atoms with Gasteiger partial charge < -0.3 is 14.8 Å². The van der Waals surface area contributed by atoms with Gasteiger partial charge in [-0.3, -0.25) is 9.79 Å². The number of carbonyl (C=O) groups excluding carboxylic acids is 1. The molecule has 1 aromatic heterocycles. The summed E-state index contributed by atoms with van der Waals surface area (Å²) in [6.45, 7) is 5.36. The molecule has 2 amide bonds. The van der Waals surface area contributed by atoms with Crippen LogP contribution in [-0.2, 0) is 16.0 Å². The standard InChI is InChI=1S/C21H31N3O5S/c1-5-7-8-9-14-12-17(30-4)18-15(10-11-16(20(26)27)24(14)18)22-13(3)19(25)23(6-2)21(28)29/h12-13,16H,5-11H2,1-4H3,(H,26,27)(H,28,29). The summed E-state index contributed by atoms with van der Waals surface area (Å²) in [5, 5.41) is 19.0. The van der Waals surface area contributed by atoms with E-state index in [1.807, 2.05) is 16.9 Å². The number of nitrogens with zero attached hydrogens (tertiary/aromatic N) is 3. The highest BCUT2D eigenvalue weighted by atomic mass is 32.2. The highest BCUT2D eigenvalue weighted by molar-refractivity contribution is 7.98. The van der Waals surface area contributed by atoms with Gasteiger partial charge >= 0.3 is 12.1 Å². The number of aryl methyl sites for hydroxylation is 1. The van der Waals surface area contributed by atoms with Crippen molar-refractivity contribution in [3.63, 3.8) is 0 Å². The maximum absolute atomic E-state index is 12.5. The Labute approximate surface area is 181 Å². The number of unbranched alkanes of at least 4 members (excludes halogenated alkanes) is 2. The number of aromatic nitrogens is 1. The van der Waals surface area contributed by atoms with E-state index in [1.54, 1.807) is 13.8 Å². The van der Waals surface area contributed by atoms with Crippen LogP contribution in [0.3, 0.4) is 0 Å². The molecule has 9 heteroatoms. The minimum Gasteiger partial charge on any atom is -0.480 e. The fraction of sp³-hybridized carbons (Fsp3) is 0.619. The van der Waals surface area contributed by atoms with Crippen molar-refractivity contribution in [3.8, 4) is 0 Å². The first-order valence-corrected chi connectivity index (χ1v) is 11.6. The third kappa shape index (κ3) is 5.06. The molecule has 0 radical (unpaired) electrons. The molecule has 30 heavy (non-hydrogen) atoms. The number of aliphatic imine (C=N–C) groups is 1. The summed E-state index contributed by atoms with van der Waals surface area (Å²) in [6.07, 6.45) is 5.38. The van der Waals surface area contributed by atoms with Gasteiger partial charge in [-0.05, 0) is 51.9 Å². The third-order valence-electron chi connectivity index (χ3n) is 5.38. The predicted molar refractivity (Wildman–Crippen MR) is 117 cm³/mol. The second kappa shape index (κ2) is 10.7. The van der Waals surface area contributed by atoms with Gasteiger partial charge in [-0.1, -0.05) is 19.8 Å². The van der Waals surface area contributed by atoms with Crippen molar-refractivity contribution in [2.24, 2.45) is 4.99 Å². The molecule has 0 aromatic carbocycles. The van der Waals surface area contributed by atoms with Crippen LogP contribution in [-0.4, -0.2) is 62.2 Å². The van der Waals surface area contributed by atoms with Crippen LogP contribution in [0.5, 0.6) is 0 Å². The summed E-state index contributed by atoms with van der Waals surface area (Å²) >= 11 is 1.53. The minimum atomic E-state index is -1.30. The van der Waals surface area contributed by atoms with Crippen LogP contribution in [0.1, 0.15) is 70.3 Å². The molecule has 0 saturated carbocycles. The molecule has 1 aliphatic heterocycles. The van der Waals surface area contributed by atoms with Gasteiger partial charge in [0, 0.05) is 17.1 Å². The highest BCUT2D eigenvalue weighted by Crippen LogP contribution is 2.36. The topological polar surface area (TPSA) is 112 Å². The molecule has 0 aliphatic carbocycles. The van der Waals surface area contributed by atoms with Crippen molar-refractivity contribution < 1.29 is 24.6 Å². The van der Waals surface area contributed by atoms with Gasteiger partial charge in [-0.2, -0.15) is 0 Å². The van der Waals surface area contributed by atoms with Crippen LogP contribution in [0.4, 0.5) is 4.79 Å². The first-order chi connectivity index (χ1) is 14.3. The van der Waals surface area contributed by atoms with Crippen LogP contribution >= 0.6 is 11.8 Å². The third-order valence-corrected chi connectivity index (χ3v) is 6.13. The molecule has 0 bridgehead atoms. The van der Waals surface area contributed by atoms with Gasteiger partial charge in [-0.25, -0.2) is 14.5 Å². The number of imide groups is 1. The van der Waals surface area contributed by atoms with Crippen molar-refractivity contribution in [2.75, 3.05) is 12.8 Å². The Bertz CT molecular complexity index is 833. The van der Waals surface area contributed by atoms with Gasteiger partial charge in [0.2, 0.25) is 0 Å². The number of amides is 2. The van der Waals surface area contributed by atoms with Crippen molar-refractivity contribution in [2.45, 2.75) is 76.3 Å². The fourth-order valence-corrected chi connectivity index (χ4v) is 4.54. The predicted octanol–water partition coefficient (Wildman–Crippen LogP) is 4.07. The highest BCUT2D eigenvalue weighted by Gasteiger charge is 2.34. The lowest BCUT2D eigenvalue weighted by Crippen LogP contribution is -2.41. The summed E-state index contributed by atoms with van der Waals surface area (Å²) in [7, 11) is 0. The molecule has 0 saturated heterocycles. The minimum absolute atomic E-state index is 0.0540. The van der Waals surface area contributed by atoms with E-state index < -0.39 is 30.1 Å². The second-order valence-corrected chi connectivity index (χ2v) is 8.24. The van der Waals surface area contributed by atoms with E-state index in [0.717, 1.165) is 46.9 Å². The number of carboxylic acids is 1. The van der Waals surface area contributed by atoms with Crippen LogP contribution in [0.15, 0.2) is 16.0 Å². The van der Waals surface area contributed by atoms with E-state index in [4.69, 9.17) is 0 Å². The number of rotatable bonds is 9. The lowest BCUT2D eigenvalue weighted by atomic mass is 10.00. The molecule has 166 valence electrons. The van der Waals surface area contributed by atoms with Gasteiger partial charge in [0.15, 0.2) is 0 Å². The largest absolute Gasteiger partial charge is 0.480 e. The van der Waals surface area contributed by atoms with Gasteiger partial charge in [0.25, 0.3) is 5.91 Å². The number of thioether (sulfide) groups is 1. The summed E-state index contributed by atoms with van der Waals surface area (Å²) in [5.74, 6) is -1.45. The molecule has 0 fully saturated rings. The zero-order chi connectivity index (χ0) is 22.4. The number of carbonyl (C=O) groups is 3. The average molecular weight is 438 g/mol. The second-order valence-electron chi connectivity index (χ2n) is 7.39. The summed E-state index contributed by atoms with van der Waals surface area (Å²) in [6, 6.07) is 0.516. The van der Waals surface area contributed by atoms with Crippen LogP contribution in [0.25, 0.3) is 0 Å². The Hall–Kier alpha value is -2.29. The van der Waals surface area contributed by atoms with E-state index in [-0.39, 0.29) is 6.54 Å². The summed E-state index contributed by atoms with van der Waals surface area (Å²) in [4.78, 5) is 42.1. The van der Waals surface area contributed by atoms with Gasteiger partial charge in [-0.15, -0.1) is 11.8 Å². The van der Waals surface area contributed by atoms with Crippen molar-refractivity contribution in [3.05, 3.63) is 17.5 Å². The Morgan fingerprint density at radius 1 is 1.30 bits per heavy atom. The molecule has 1 aliphatic rings. The summed E-state index contributed by atoms with van der Waals surface area (Å²) < 4.78 is 1.87. The monoisotopic (exact) mass is 437 g/mol. The van der Waals surface area contributed by atoms with E-state index >= 15 is 0 Å². The first kappa shape index (κ1) is 24.0. The molecule has 2 heterocycles. The van der Waals surface area contributed by atoms with E-state index in [2.05, 4.69) is 11.9 Å². The van der Waals surface area contributed by atoms with Gasteiger partial charge in [0.05, 0.1) is 11.4 Å². The molecular weight excluding hydrogens is 406 g/mol. The average Bonchev–Trinajstić information content (AvgIpc) is 3.07. The molecular formula is C21H31N3O5S. The van der Waals surface area contributed by atoms with Crippen LogP contribution in [0.2, 0.25) is 0 Å². The Morgan fingerprint density at radius 3 is 2.53 bits per heavy atom. The number of likely N-dealkylation sites (N-methyl/N-ethyl adjacent to an activating group) is 1. The maximum Gasteiger partial charge on any atom is 0.414 e. The van der Waals surface area contributed by atoms with Crippen molar-refractivity contribution in [1.82, 2.24) is 9.47 Å². The van der Waals surface area contributed by atoms with Gasteiger partial charge in [0.1, 0.15) is 12.1 Å². The SMILES string of the molecule is CCCCCc1cc(SC)c2n1C(C(=O)O)CCC2=NC(C)C(=O)N(CC)C(=O)O. The normalized spacial score (nSPS) is 18.1. The fourth-order valence-electron chi connectivity index (χ4n) is 3.87. The molecule has 8 nitrogen and oxygen atoms in total. The van der Waals surface area contributed by atoms with Crippen LogP contribution < -0.4 is 0 Å². The maximum atomic E-state index is 12.5. The lowest BCUT2D eigenvalue weighted by molar-refractivity contribution is -0.141. The summed E-state index contributed by atoms with van der Waals surface area (Å²) in [5.41, 5.74) is 2.40. The van der Waals surface area contributed by atoms with Crippen LogP contribution in [0, 0.1) is 0 Å². The molecule has 0 spiro atoms. The Kier molecular flexibility index (Phi) is 8.52. The lowest BCUT2D eigenvalue weighted by Gasteiger charge is -2.28. The Balaban J connectivity index is 2.49. The number of fused-ring (bicyclic) bond motifs is 1. The van der Waals surface area contributed by atoms with E-state index in [1.165, 1.54) is 11.8 Å². The quantitative estimate of drug-likeness (QED) is 0.445. The van der Waals surface area contributed by atoms with E-state index in [9.17, 15) is 24.6 Å². The number of hydrogen-bond donors (Lipinski definition) is 2. The number of aliphatic carboxylic acids is 1. The zero-order valence-electron chi connectivity index (χ0n) is 18.1. The Morgan fingerprint density at radius 2 is 2.00 bits per heavy atom. The molecule has 2 atom stereocenters. The molecule has 2 rings (SSSR count). The number of hydrogen-bond acceptors (Lipinski definition) is 5. The van der Waals surface area contributed by atoms with E-state index in [0.29, 0.717) is 18.6 Å². The smallest absolute Gasteiger partial charge is 0.414 e. The van der Waals surface area contributed by atoms with Crippen molar-refractivity contribution >= 4 is 35.4 Å². The molecule has 1 aromatic rings. The first-order valence-electron chi connectivity index (χ1n) is 10.4. The zero-order valence-corrected chi connectivity index (χ0v) is 18.9. The molecule has 2 unspecified atom stereocenters. The number of carboxylic acid groups (broad SMARTS) is 2. The van der Waals surface area contributed by atoms with Crippen molar-refractivity contribution in [1.29, 1.82) is 0 Å².